The van der Waals surface area contributed by atoms with Crippen LogP contribution in [-0.4, -0.2) is 28.9 Å². The van der Waals surface area contributed by atoms with Gasteiger partial charge in [0, 0.05) is 35.7 Å². The normalized spacial score (nSPS) is 16.8. The standard InChI is InChI=1S/C26H31N3OS2/c1-19-8-7-13-29(15-19)16-22-10-4-3-9-21(22)14-27-26(30)24-11-5-6-12-25(24)32-18-23-17-31-20(2)28-23/h3-6,9-12,17,19H,7-8,13-16,18H2,1-2H3,(H,27,30). The largest absolute Gasteiger partial charge is 0.348 e. The van der Waals surface area contributed by atoms with Crippen LogP contribution in [0.3, 0.4) is 0 Å². The van der Waals surface area contributed by atoms with Gasteiger partial charge in [-0.05, 0) is 55.5 Å². The highest BCUT2D eigenvalue weighted by molar-refractivity contribution is 7.98. The molecule has 4 nitrogen and oxygen atoms in total. The van der Waals surface area contributed by atoms with Gasteiger partial charge in [-0.1, -0.05) is 43.3 Å². The van der Waals surface area contributed by atoms with Crippen LogP contribution in [0.4, 0.5) is 0 Å². The summed E-state index contributed by atoms with van der Waals surface area (Å²) in [6, 6.07) is 16.3. The molecule has 0 radical (unpaired) electrons. The van der Waals surface area contributed by atoms with Gasteiger partial charge in [-0.3, -0.25) is 9.69 Å². The van der Waals surface area contributed by atoms with Crippen molar-refractivity contribution in [1.29, 1.82) is 0 Å². The lowest BCUT2D eigenvalue weighted by molar-refractivity contribution is 0.0947. The lowest BCUT2D eigenvalue weighted by Gasteiger charge is -2.31. The Kier molecular flexibility index (Phi) is 8.00. The van der Waals surface area contributed by atoms with E-state index < -0.39 is 0 Å². The van der Waals surface area contributed by atoms with Gasteiger partial charge in [0.1, 0.15) is 0 Å². The fourth-order valence-corrected chi connectivity index (χ4v) is 5.89. The zero-order valence-electron chi connectivity index (χ0n) is 18.8. The molecule has 0 saturated carbocycles. The van der Waals surface area contributed by atoms with Crippen molar-refractivity contribution in [2.24, 2.45) is 5.92 Å². The van der Waals surface area contributed by atoms with Gasteiger partial charge in [-0.25, -0.2) is 4.98 Å². The number of carbonyl (C=O) groups is 1. The van der Waals surface area contributed by atoms with Crippen molar-refractivity contribution in [1.82, 2.24) is 15.2 Å². The number of hydrogen-bond acceptors (Lipinski definition) is 5. The van der Waals surface area contributed by atoms with Crippen molar-refractivity contribution < 1.29 is 4.79 Å². The molecule has 32 heavy (non-hydrogen) atoms. The molecule has 4 rings (SSSR count). The quantitative estimate of drug-likeness (QED) is 0.420. The molecular weight excluding hydrogens is 434 g/mol. The van der Waals surface area contributed by atoms with Crippen LogP contribution in [0.5, 0.6) is 0 Å². The first-order chi connectivity index (χ1) is 15.6. The minimum absolute atomic E-state index is 0.0241. The van der Waals surface area contributed by atoms with E-state index in [1.165, 1.54) is 24.0 Å². The van der Waals surface area contributed by atoms with Crippen LogP contribution >= 0.6 is 23.1 Å². The monoisotopic (exact) mass is 465 g/mol. The van der Waals surface area contributed by atoms with Crippen molar-refractivity contribution in [2.45, 2.75) is 50.4 Å². The number of thioether (sulfide) groups is 1. The first kappa shape index (κ1) is 23.0. The van der Waals surface area contributed by atoms with Crippen LogP contribution in [0.15, 0.2) is 58.8 Å². The van der Waals surface area contributed by atoms with Crippen molar-refractivity contribution in [3.8, 4) is 0 Å². The lowest BCUT2D eigenvalue weighted by Crippen LogP contribution is -2.34. The Morgan fingerprint density at radius 1 is 1.19 bits per heavy atom. The van der Waals surface area contributed by atoms with E-state index in [0.29, 0.717) is 6.54 Å². The second-order valence-corrected chi connectivity index (χ2v) is 10.7. The molecule has 1 atom stereocenters. The summed E-state index contributed by atoms with van der Waals surface area (Å²) in [4.78, 5) is 21.1. The predicted octanol–water partition coefficient (Wildman–Crippen LogP) is 5.91. The molecule has 1 fully saturated rings. The zero-order chi connectivity index (χ0) is 22.3. The highest BCUT2D eigenvalue weighted by atomic mass is 32.2. The van der Waals surface area contributed by atoms with Gasteiger partial charge in [0.2, 0.25) is 0 Å². The number of thiazole rings is 1. The first-order valence-corrected chi connectivity index (χ1v) is 13.1. The fourth-order valence-electron chi connectivity index (χ4n) is 4.23. The number of amides is 1. The summed E-state index contributed by atoms with van der Waals surface area (Å²) in [6.45, 7) is 8.17. The molecule has 3 aromatic rings. The van der Waals surface area contributed by atoms with Crippen LogP contribution in [-0.2, 0) is 18.8 Å². The third-order valence-corrected chi connectivity index (χ3v) is 7.80. The van der Waals surface area contributed by atoms with Gasteiger partial charge >= 0.3 is 0 Å². The van der Waals surface area contributed by atoms with Gasteiger partial charge in [-0.2, -0.15) is 0 Å². The molecule has 0 bridgehead atoms. The van der Waals surface area contributed by atoms with Crippen molar-refractivity contribution in [3.63, 3.8) is 0 Å². The summed E-state index contributed by atoms with van der Waals surface area (Å²) in [7, 11) is 0. The molecule has 0 aliphatic carbocycles. The van der Waals surface area contributed by atoms with Crippen LogP contribution in [0.25, 0.3) is 0 Å². The maximum atomic E-state index is 13.1. The van der Waals surface area contributed by atoms with Gasteiger partial charge in [0.25, 0.3) is 5.91 Å². The average molecular weight is 466 g/mol. The number of aromatic nitrogens is 1. The Bertz CT molecular complexity index is 1050. The molecular formula is C26H31N3OS2. The Morgan fingerprint density at radius 3 is 2.75 bits per heavy atom. The highest BCUT2D eigenvalue weighted by Gasteiger charge is 2.18. The van der Waals surface area contributed by atoms with E-state index in [-0.39, 0.29) is 5.91 Å². The minimum Gasteiger partial charge on any atom is -0.348 e. The van der Waals surface area contributed by atoms with E-state index in [1.807, 2.05) is 31.2 Å². The minimum atomic E-state index is -0.0241. The van der Waals surface area contributed by atoms with E-state index in [2.05, 4.69) is 51.8 Å². The molecule has 1 unspecified atom stereocenters. The molecule has 1 aliphatic rings. The van der Waals surface area contributed by atoms with Gasteiger partial charge in [0.15, 0.2) is 0 Å². The lowest BCUT2D eigenvalue weighted by atomic mass is 9.99. The number of rotatable bonds is 8. The van der Waals surface area contributed by atoms with E-state index in [1.54, 1.807) is 23.1 Å². The summed E-state index contributed by atoms with van der Waals surface area (Å²) in [6.07, 6.45) is 2.60. The zero-order valence-corrected chi connectivity index (χ0v) is 20.5. The van der Waals surface area contributed by atoms with Crippen LogP contribution < -0.4 is 5.32 Å². The van der Waals surface area contributed by atoms with Crippen LogP contribution in [0.1, 0.15) is 52.0 Å². The Labute approximate surface area is 199 Å². The molecule has 1 aromatic heterocycles. The summed E-state index contributed by atoms with van der Waals surface area (Å²) in [5.41, 5.74) is 4.30. The molecule has 1 amide bonds. The third kappa shape index (κ3) is 6.21. The number of piperidine rings is 1. The van der Waals surface area contributed by atoms with E-state index in [4.69, 9.17) is 0 Å². The van der Waals surface area contributed by atoms with Crippen molar-refractivity contribution in [2.75, 3.05) is 13.1 Å². The number of nitrogens with one attached hydrogen (secondary N) is 1. The Hall–Kier alpha value is -2.15. The van der Waals surface area contributed by atoms with E-state index in [0.717, 1.165) is 52.5 Å². The summed E-state index contributed by atoms with van der Waals surface area (Å²) < 4.78 is 0. The number of benzene rings is 2. The molecule has 6 heteroatoms. The fraction of sp³-hybridized carbons (Fsp3) is 0.385. The van der Waals surface area contributed by atoms with Gasteiger partial charge < -0.3 is 5.32 Å². The van der Waals surface area contributed by atoms with Crippen LogP contribution in [0, 0.1) is 12.8 Å². The molecule has 2 aromatic carbocycles. The first-order valence-electron chi connectivity index (χ1n) is 11.3. The Balaban J connectivity index is 1.39. The number of carbonyl (C=O) groups excluding carboxylic acids is 1. The summed E-state index contributed by atoms with van der Waals surface area (Å²) in [5.74, 6) is 1.51. The average Bonchev–Trinajstić information content (AvgIpc) is 3.22. The molecule has 1 aliphatic heterocycles. The van der Waals surface area contributed by atoms with E-state index in [9.17, 15) is 4.79 Å². The van der Waals surface area contributed by atoms with E-state index >= 15 is 0 Å². The summed E-state index contributed by atoms with van der Waals surface area (Å²) in [5, 5.41) is 6.32. The summed E-state index contributed by atoms with van der Waals surface area (Å²) >= 11 is 3.33. The van der Waals surface area contributed by atoms with Crippen molar-refractivity contribution in [3.05, 3.63) is 81.3 Å². The number of aryl methyl sites for hydroxylation is 1. The second-order valence-electron chi connectivity index (χ2n) is 8.58. The van der Waals surface area contributed by atoms with Gasteiger partial charge in [-0.15, -0.1) is 23.1 Å². The molecule has 168 valence electrons. The number of nitrogens with zero attached hydrogens (tertiary/aromatic N) is 2. The second kappa shape index (κ2) is 11.1. The number of hydrogen-bond donors (Lipinski definition) is 1. The molecule has 0 spiro atoms. The van der Waals surface area contributed by atoms with Crippen molar-refractivity contribution >= 4 is 29.0 Å². The Morgan fingerprint density at radius 2 is 1.97 bits per heavy atom. The molecule has 1 saturated heterocycles. The SMILES string of the molecule is Cc1nc(CSc2ccccc2C(=O)NCc2ccccc2CN2CCCC(C)C2)cs1. The number of likely N-dealkylation sites (tertiary alicyclic amines) is 1. The maximum Gasteiger partial charge on any atom is 0.252 e. The maximum absolute atomic E-state index is 13.1. The highest BCUT2D eigenvalue weighted by Crippen LogP contribution is 2.27. The smallest absolute Gasteiger partial charge is 0.252 e. The molecule has 1 N–H and O–H groups in total. The molecule has 2 heterocycles. The van der Waals surface area contributed by atoms with Crippen LogP contribution in [0.2, 0.25) is 0 Å². The van der Waals surface area contributed by atoms with Gasteiger partial charge in [0.05, 0.1) is 16.3 Å². The topological polar surface area (TPSA) is 45.2 Å². The third-order valence-electron chi connectivity index (χ3n) is 5.87. The predicted molar refractivity (Wildman–Crippen MR) is 134 cm³/mol.